The second-order valence-corrected chi connectivity index (χ2v) is 5.80. The van der Waals surface area contributed by atoms with E-state index in [1.165, 1.54) is 0 Å². The van der Waals surface area contributed by atoms with E-state index < -0.39 is 13.0 Å². The van der Waals surface area contributed by atoms with Crippen molar-refractivity contribution in [3.63, 3.8) is 0 Å². The molecule has 1 atom stereocenters. The molecule has 2 nitrogen and oxygen atoms in total. The van der Waals surface area contributed by atoms with Crippen LogP contribution in [0.4, 0.5) is 8.78 Å². The monoisotopic (exact) mass is 400 g/mol. The number of hydrogen-bond acceptors (Lipinski definition) is 2. The van der Waals surface area contributed by atoms with E-state index in [9.17, 15) is 8.78 Å². The highest BCUT2D eigenvalue weighted by Gasteiger charge is 2.11. The van der Waals surface area contributed by atoms with E-state index >= 15 is 0 Å². The Labute approximate surface area is 128 Å². The van der Waals surface area contributed by atoms with Crippen LogP contribution < -0.4 is 4.74 Å². The standard InChI is InChI=1S/C13H16Br2F2O2/c1-2-19-12-4-3-9(7-11(12)15)10(14)5-6-18-8-13(16)17/h3-4,7,10,13H,2,5-6,8H2,1H3. The molecule has 108 valence electrons. The average molecular weight is 402 g/mol. The van der Waals surface area contributed by atoms with Crippen LogP contribution in [0.5, 0.6) is 5.75 Å². The summed E-state index contributed by atoms with van der Waals surface area (Å²) < 4.78 is 35.0. The molecule has 6 heteroatoms. The Hall–Kier alpha value is -0.200. The van der Waals surface area contributed by atoms with Gasteiger partial charge in [0.1, 0.15) is 12.4 Å². The van der Waals surface area contributed by atoms with Crippen LogP contribution in [-0.4, -0.2) is 26.2 Å². The third kappa shape index (κ3) is 6.19. The molecule has 1 unspecified atom stereocenters. The van der Waals surface area contributed by atoms with Crippen LogP contribution in [0.2, 0.25) is 0 Å². The maximum Gasteiger partial charge on any atom is 0.261 e. The molecule has 0 spiro atoms. The highest BCUT2D eigenvalue weighted by Crippen LogP contribution is 2.33. The third-order valence-electron chi connectivity index (χ3n) is 2.38. The van der Waals surface area contributed by atoms with Gasteiger partial charge in [-0.1, -0.05) is 22.0 Å². The molecule has 0 fully saturated rings. The molecule has 0 radical (unpaired) electrons. The Bertz CT molecular complexity index is 389. The quantitative estimate of drug-likeness (QED) is 0.453. The molecule has 0 heterocycles. The van der Waals surface area contributed by atoms with Gasteiger partial charge >= 0.3 is 0 Å². The van der Waals surface area contributed by atoms with E-state index in [-0.39, 0.29) is 4.83 Å². The minimum absolute atomic E-state index is 0.0668. The van der Waals surface area contributed by atoms with Crippen LogP contribution in [0, 0.1) is 0 Å². The van der Waals surface area contributed by atoms with Gasteiger partial charge in [0, 0.05) is 11.4 Å². The first kappa shape index (κ1) is 16.9. The highest BCUT2D eigenvalue weighted by atomic mass is 79.9. The van der Waals surface area contributed by atoms with Crippen molar-refractivity contribution < 1.29 is 18.3 Å². The SMILES string of the molecule is CCOc1ccc(C(Br)CCOCC(F)F)cc1Br. The fraction of sp³-hybridized carbons (Fsp3) is 0.538. The summed E-state index contributed by atoms with van der Waals surface area (Å²) in [4.78, 5) is 0.0668. The van der Waals surface area contributed by atoms with Crippen LogP contribution >= 0.6 is 31.9 Å². The maximum absolute atomic E-state index is 11.9. The lowest BCUT2D eigenvalue weighted by Crippen LogP contribution is -2.06. The smallest absolute Gasteiger partial charge is 0.261 e. The summed E-state index contributed by atoms with van der Waals surface area (Å²) in [6.07, 6.45) is -1.78. The van der Waals surface area contributed by atoms with Gasteiger partial charge in [-0.25, -0.2) is 8.78 Å². The summed E-state index contributed by atoms with van der Waals surface area (Å²) in [7, 11) is 0. The molecule has 0 saturated heterocycles. The molecule has 0 aliphatic heterocycles. The van der Waals surface area contributed by atoms with Gasteiger partial charge in [-0.3, -0.25) is 0 Å². The fourth-order valence-electron chi connectivity index (χ4n) is 1.51. The van der Waals surface area contributed by atoms with Gasteiger partial charge < -0.3 is 9.47 Å². The van der Waals surface area contributed by atoms with Gasteiger partial charge in [0.15, 0.2) is 0 Å². The normalized spacial score (nSPS) is 12.7. The number of benzene rings is 1. The van der Waals surface area contributed by atoms with Crippen LogP contribution in [0.15, 0.2) is 22.7 Å². The number of halogens is 4. The van der Waals surface area contributed by atoms with E-state index in [0.29, 0.717) is 19.6 Å². The molecule has 0 aliphatic carbocycles. The Kier molecular flexibility index (Phi) is 7.87. The number of rotatable bonds is 8. The molecule has 0 aliphatic rings. The molecule has 1 aromatic rings. The molecular weight excluding hydrogens is 386 g/mol. The van der Waals surface area contributed by atoms with E-state index in [4.69, 9.17) is 9.47 Å². The first-order valence-electron chi connectivity index (χ1n) is 5.96. The van der Waals surface area contributed by atoms with Gasteiger partial charge in [0.2, 0.25) is 0 Å². The number of alkyl halides is 3. The number of hydrogen-bond donors (Lipinski definition) is 0. The first-order valence-corrected chi connectivity index (χ1v) is 7.67. The first-order chi connectivity index (χ1) is 9.04. The lowest BCUT2D eigenvalue weighted by molar-refractivity contribution is 0.0167. The van der Waals surface area contributed by atoms with E-state index in [0.717, 1.165) is 15.8 Å². The van der Waals surface area contributed by atoms with Crippen molar-refractivity contribution in [1.29, 1.82) is 0 Å². The molecule has 0 bridgehead atoms. The van der Waals surface area contributed by atoms with Crippen molar-refractivity contribution in [2.45, 2.75) is 24.6 Å². The zero-order chi connectivity index (χ0) is 14.3. The van der Waals surface area contributed by atoms with Gasteiger partial charge in [-0.15, -0.1) is 0 Å². The minimum atomic E-state index is -2.41. The molecule has 1 rings (SSSR count). The Morgan fingerprint density at radius 1 is 1.32 bits per heavy atom. The Morgan fingerprint density at radius 2 is 2.05 bits per heavy atom. The van der Waals surface area contributed by atoms with E-state index in [2.05, 4.69) is 31.9 Å². The van der Waals surface area contributed by atoms with Gasteiger partial charge in [0.25, 0.3) is 6.43 Å². The van der Waals surface area contributed by atoms with Gasteiger partial charge in [0.05, 0.1) is 11.1 Å². The second kappa shape index (κ2) is 8.87. The molecule has 0 saturated carbocycles. The summed E-state index contributed by atoms with van der Waals surface area (Å²) in [6.45, 7) is 2.32. The summed E-state index contributed by atoms with van der Waals surface area (Å²) in [6, 6.07) is 5.79. The Morgan fingerprint density at radius 3 is 2.63 bits per heavy atom. The van der Waals surface area contributed by atoms with Crippen molar-refractivity contribution in [3.8, 4) is 5.75 Å². The molecular formula is C13H16Br2F2O2. The Balaban J connectivity index is 2.48. The predicted octanol–water partition coefficient (Wildman–Crippen LogP) is 4.96. The minimum Gasteiger partial charge on any atom is -0.493 e. The third-order valence-corrected chi connectivity index (χ3v) is 3.98. The van der Waals surface area contributed by atoms with Crippen LogP contribution in [0.3, 0.4) is 0 Å². The summed E-state index contributed by atoms with van der Waals surface area (Å²) >= 11 is 6.96. The van der Waals surface area contributed by atoms with Crippen molar-refractivity contribution in [3.05, 3.63) is 28.2 Å². The van der Waals surface area contributed by atoms with Crippen LogP contribution in [-0.2, 0) is 4.74 Å². The second-order valence-electron chi connectivity index (χ2n) is 3.85. The zero-order valence-corrected chi connectivity index (χ0v) is 13.7. The fourth-order valence-corrected chi connectivity index (χ4v) is 2.49. The van der Waals surface area contributed by atoms with Gasteiger partial charge in [-0.2, -0.15) is 0 Å². The maximum atomic E-state index is 11.9. The highest BCUT2D eigenvalue weighted by molar-refractivity contribution is 9.10. The van der Waals surface area contributed by atoms with Crippen molar-refractivity contribution in [2.24, 2.45) is 0 Å². The largest absolute Gasteiger partial charge is 0.493 e. The summed E-state index contributed by atoms with van der Waals surface area (Å²) in [5.41, 5.74) is 1.05. The van der Waals surface area contributed by atoms with E-state index in [1.807, 2.05) is 25.1 Å². The molecule has 0 amide bonds. The topological polar surface area (TPSA) is 18.5 Å². The van der Waals surface area contributed by atoms with Crippen molar-refractivity contribution in [2.75, 3.05) is 19.8 Å². The zero-order valence-electron chi connectivity index (χ0n) is 10.5. The van der Waals surface area contributed by atoms with E-state index in [1.54, 1.807) is 0 Å². The average Bonchev–Trinajstić information content (AvgIpc) is 2.36. The summed E-state index contributed by atoms with van der Waals surface area (Å²) in [5, 5.41) is 0. The molecule has 19 heavy (non-hydrogen) atoms. The lowest BCUT2D eigenvalue weighted by atomic mass is 10.1. The van der Waals surface area contributed by atoms with Gasteiger partial charge in [-0.05, 0) is 47.0 Å². The predicted molar refractivity (Wildman–Crippen MR) is 78.4 cm³/mol. The number of ether oxygens (including phenoxy) is 2. The van der Waals surface area contributed by atoms with Crippen LogP contribution in [0.25, 0.3) is 0 Å². The molecule has 0 N–H and O–H groups in total. The molecule has 1 aromatic carbocycles. The molecule has 0 aromatic heterocycles. The lowest BCUT2D eigenvalue weighted by Gasteiger charge is -2.13. The van der Waals surface area contributed by atoms with Crippen molar-refractivity contribution >= 4 is 31.9 Å². The van der Waals surface area contributed by atoms with Crippen molar-refractivity contribution in [1.82, 2.24) is 0 Å². The van der Waals surface area contributed by atoms with Crippen LogP contribution in [0.1, 0.15) is 23.7 Å². The summed E-state index contributed by atoms with van der Waals surface area (Å²) in [5.74, 6) is 0.792.